The molecule has 0 aliphatic carbocycles. The Balaban J connectivity index is 1.74. The van der Waals surface area contributed by atoms with Crippen LogP contribution < -0.4 is 0 Å². The highest BCUT2D eigenvalue weighted by atomic mass is 35.5. The van der Waals surface area contributed by atoms with E-state index in [1.54, 1.807) is 35.2 Å². The molecule has 0 bridgehead atoms. The minimum absolute atomic E-state index is 0.113. The molecule has 0 N–H and O–H groups in total. The number of furan rings is 1. The molecule has 0 saturated carbocycles. The molecule has 0 fully saturated rings. The van der Waals surface area contributed by atoms with Crippen LogP contribution in [0, 0.1) is 0 Å². The lowest BCUT2D eigenvalue weighted by Crippen LogP contribution is -2.30. The second-order valence-corrected chi connectivity index (χ2v) is 8.71. The fourth-order valence-corrected chi connectivity index (χ4v) is 4.29. The Morgan fingerprint density at radius 2 is 1.79 bits per heavy atom. The van der Waals surface area contributed by atoms with E-state index in [-0.39, 0.29) is 28.1 Å². The van der Waals surface area contributed by atoms with Crippen LogP contribution >= 0.6 is 11.6 Å². The zero-order valence-corrected chi connectivity index (χ0v) is 16.9. The predicted octanol–water partition coefficient (Wildman–Crippen LogP) is 4.57. The fourth-order valence-electron chi connectivity index (χ4n) is 2.81. The largest absolute Gasteiger partial charge is 0.455 e. The Labute approximate surface area is 169 Å². The van der Waals surface area contributed by atoms with E-state index in [1.165, 1.54) is 24.3 Å². The van der Waals surface area contributed by atoms with Gasteiger partial charge in [-0.25, -0.2) is 8.42 Å². The van der Waals surface area contributed by atoms with Crippen LogP contribution in [0.2, 0.25) is 5.02 Å². The molecule has 1 aromatic heterocycles. The van der Waals surface area contributed by atoms with Crippen molar-refractivity contribution < 1.29 is 17.6 Å². The lowest BCUT2D eigenvalue weighted by Gasteiger charge is -2.19. The zero-order chi connectivity index (χ0) is 20.1. The van der Waals surface area contributed by atoms with Gasteiger partial charge >= 0.3 is 0 Å². The zero-order valence-electron chi connectivity index (χ0n) is 15.3. The number of rotatable bonds is 7. The van der Waals surface area contributed by atoms with Crippen molar-refractivity contribution in [2.24, 2.45) is 0 Å². The summed E-state index contributed by atoms with van der Waals surface area (Å²) in [6, 6.07) is 18.5. The first-order chi connectivity index (χ1) is 13.4. The molecule has 3 rings (SSSR count). The smallest absolute Gasteiger partial charge is 0.289 e. The second-order valence-electron chi connectivity index (χ2n) is 6.29. The number of carbonyl (C=O) groups is 1. The van der Waals surface area contributed by atoms with Gasteiger partial charge in [-0.1, -0.05) is 41.9 Å². The maximum absolute atomic E-state index is 12.8. The van der Waals surface area contributed by atoms with Crippen LogP contribution in [-0.4, -0.2) is 25.8 Å². The van der Waals surface area contributed by atoms with Crippen molar-refractivity contribution in [1.82, 2.24) is 4.90 Å². The van der Waals surface area contributed by atoms with Gasteiger partial charge in [-0.3, -0.25) is 4.79 Å². The van der Waals surface area contributed by atoms with Gasteiger partial charge < -0.3 is 9.32 Å². The van der Waals surface area contributed by atoms with E-state index in [1.807, 2.05) is 19.1 Å². The van der Waals surface area contributed by atoms with Crippen molar-refractivity contribution in [3.8, 4) is 0 Å². The summed E-state index contributed by atoms with van der Waals surface area (Å²) in [5.74, 6) is -0.260. The summed E-state index contributed by atoms with van der Waals surface area (Å²) in [4.78, 5) is 14.6. The number of sulfone groups is 1. The number of hydrogen-bond donors (Lipinski definition) is 0. The van der Waals surface area contributed by atoms with Gasteiger partial charge in [0.2, 0.25) is 0 Å². The Hall–Kier alpha value is -2.57. The summed E-state index contributed by atoms with van der Waals surface area (Å²) < 4.78 is 30.5. The third kappa shape index (κ3) is 4.82. The van der Waals surface area contributed by atoms with Crippen LogP contribution in [0.25, 0.3) is 0 Å². The molecule has 1 amide bonds. The summed E-state index contributed by atoms with van der Waals surface area (Å²) in [6.07, 6.45) is 0. The topological polar surface area (TPSA) is 67.6 Å². The Morgan fingerprint density at radius 1 is 1.04 bits per heavy atom. The monoisotopic (exact) mass is 417 g/mol. The number of benzene rings is 2. The van der Waals surface area contributed by atoms with Crippen LogP contribution in [-0.2, 0) is 22.1 Å². The maximum Gasteiger partial charge on any atom is 0.289 e. The molecule has 5 nitrogen and oxygen atoms in total. The highest BCUT2D eigenvalue weighted by Crippen LogP contribution is 2.20. The average molecular weight is 418 g/mol. The molecule has 0 unspecified atom stereocenters. The number of amides is 1. The van der Waals surface area contributed by atoms with Gasteiger partial charge in [0.15, 0.2) is 15.6 Å². The van der Waals surface area contributed by atoms with E-state index in [4.69, 9.17) is 16.0 Å². The Kier molecular flexibility index (Phi) is 6.21. The Bertz CT molecular complexity index is 1060. The molecular formula is C21H20ClNO4S. The Morgan fingerprint density at radius 3 is 2.46 bits per heavy atom. The van der Waals surface area contributed by atoms with Crippen LogP contribution in [0.1, 0.15) is 28.8 Å². The van der Waals surface area contributed by atoms with Crippen molar-refractivity contribution >= 4 is 27.3 Å². The van der Waals surface area contributed by atoms with E-state index in [0.29, 0.717) is 18.1 Å². The van der Waals surface area contributed by atoms with Crippen LogP contribution in [0.15, 0.2) is 76.0 Å². The predicted molar refractivity (Wildman–Crippen MR) is 108 cm³/mol. The molecule has 0 aliphatic heterocycles. The average Bonchev–Trinajstić information content (AvgIpc) is 3.14. The summed E-state index contributed by atoms with van der Waals surface area (Å²) >= 11 is 6.00. The third-order valence-electron chi connectivity index (χ3n) is 4.24. The molecule has 146 valence electrons. The van der Waals surface area contributed by atoms with Gasteiger partial charge in [0.1, 0.15) is 11.5 Å². The van der Waals surface area contributed by atoms with Crippen LogP contribution in [0.4, 0.5) is 0 Å². The summed E-state index contributed by atoms with van der Waals surface area (Å²) in [6.45, 7) is 2.73. The number of halogens is 1. The van der Waals surface area contributed by atoms with E-state index < -0.39 is 9.84 Å². The van der Waals surface area contributed by atoms with Crippen LogP contribution in [0.5, 0.6) is 0 Å². The van der Waals surface area contributed by atoms with E-state index >= 15 is 0 Å². The molecule has 1 heterocycles. The SMILES string of the molecule is CCN(Cc1cccc(Cl)c1)C(=O)c1ccc(CS(=O)(=O)c2ccccc2)o1. The lowest BCUT2D eigenvalue weighted by atomic mass is 10.2. The van der Waals surface area contributed by atoms with Crippen molar-refractivity contribution in [2.75, 3.05) is 6.54 Å². The van der Waals surface area contributed by atoms with Crippen molar-refractivity contribution in [2.45, 2.75) is 24.1 Å². The van der Waals surface area contributed by atoms with E-state index in [2.05, 4.69) is 0 Å². The molecule has 0 atom stereocenters. The summed E-state index contributed by atoms with van der Waals surface area (Å²) in [7, 11) is -3.54. The molecule has 28 heavy (non-hydrogen) atoms. The van der Waals surface area contributed by atoms with E-state index in [0.717, 1.165) is 5.56 Å². The first-order valence-electron chi connectivity index (χ1n) is 8.79. The standard InChI is InChI=1S/C21H20ClNO4S/c1-2-23(14-16-7-6-8-17(22)13-16)21(24)20-12-11-18(27-20)15-28(25,26)19-9-4-3-5-10-19/h3-13H,2,14-15H2,1H3. The quantitative estimate of drug-likeness (QED) is 0.564. The minimum atomic E-state index is -3.54. The van der Waals surface area contributed by atoms with Crippen molar-refractivity contribution in [1.29, 1.82) is 0 Å². The van der Waals surface area contributed by atoms with Crippen molar-refractivity contribution in [3.05, 3.63) is 88.8 Å². The molecule has 0 saturated heterocycles. The highest BCUT2D eigenvalue weighted by Gasteiger charge is 2.21. The van der Waals surface area contributed by atoms with Gasteiger partial charge in [0.25, 0.3) is 5.91 Å². The first-order valence-corrected chi connectivity index (χ1v) is 10.8. The molecule has 0 spiro atoms. The molecule has 7 heteroatoms. The summed E-state index contributed by atoms with van der Waals surface area (Å²) in [5.41, 5.74) is 0.904. The van der Waals surface area contributed by atoms with Crippen LogP contribution in [0.3, 0.4) is 0 Å². The molecular weight excluding hydrogens is 398 g/mol. The third-order valence-corrected chi connectivity index (χ3v) is 6.13. The normalized spacial score (nSPS) is 11.4. The van der Waals surface area contributed by atoms with Gasteiger partial charge in [-0.2, -0.15) is 0 Å². The van der Waals surface area contributed by atoms with Gasteiger partial charge in [0.05, 0.1) is 4.90 Å². The second kappa shape index (κ2) is 8.63. The molecule has 0 aliphatic rings. The fraction of sp³-hybridized carbons (Fsp3) is 0.190. The lowest BCUT2D eigenvalue weighted by molar-refractivity contribution is 0.0719. The summed E-state index contributed by atoms with van der Waals surface area (Å²) in [5, 5.41) is 0.604. The number of hydrogen-bond acceptors (Lipinski definition) is 4. The molecule has 3 aromatic rings. The number of carbonyl (C=O) groups excluding carboxylic acids is 1. The maximum atomic E-state index is 12.8. The highest BCUT2D eigenvalue weighted by molar-refractivity contribution is 7.90. The van der Waals surface area contributed by atoms with Gasteiger partial charge in [0, 0.05) is 18.1 Å². The van der Waals surface area contributed by atoms with Crippen molar-refractivity contribution in [3.63, 3.8) is 0 Å². The van der Waals surface area contributed by atoms with Gasteiger partial charge in [-0.05, 0) is 48.9 Å². The molecule has 0 radical (unpaired) electrons. The first kappa shape index (κ1) is 20.2. The minimum Gasteiger partial charge on any atom is -0.455 e. The molecule has 2 aromatic carbocycles. The van der Waals surface area contributed by atoms with Gasteiger partial charge in [-0.15, -0.1) is 0 Å². The number of nitrogens with zero attached hydrogens (tertiary/aromatic N) is 1. The van der Waals surface area contributed by atoms with E-state index in [9.17, 15) is 13.2 Å².